The summed E-state index contributed by atoms with van der Waals surface area (Å²) < 4.78 is 19.0. The van der Waals surface area contributed by atoms with Crippen LogP contribution in [-0.2, 0) is 21.7 Å². The minimum Gasteiger partial charge on any atom is -0.505 e. The van der Waals surface area contributed by atoms with Crippen LogP contribution in [0.2, 0.25) is 78.6 Å². The molecule has 0 fully saturated rings. The molecule has 8 aromatic carbocycles. The number of ether oxygens (including phenoxy) is 2. The molecule has 10 rings (SSSR count). The molecule has 0 amide bonds. The Hall–Kier alpha value is -6.57. The van der Waals surface area contributed by atoms with E-state index in [1.54, 1.807) is 0 Å². The van der Waals surface area contributed by atoms with Crippen molar-refractivity contribution in [2.45, 2.75) is 204 Å². The first-order chi connectivity index (χ1) is 41.8. The third kappa shape index (κ3) is 13.1. The van der Waals surface area contributed by atoms with Gasteiger partial charge in [-0.25, -0.2) is 0 Å². The SMILES string of the molecule is Cc1cc([Si](C)(C)C)cc(-c2cc([Si](C)(C)C)cc(-n3c4cc(C(C)(C)C)ccc4c4ccc(C(C)(C)C)cc43)c2O)c1OCCCOc1c(C)cc([Si](C)(C)C)cc1-c1cc([Si](C)(C)C)cc(-n2c3cc(C(C)(C)C)ccc3c3ccc(C(C)(C)C)cc32)c1O. The van der Waals surface area contributed by atoms with Gasteiger partial charge in [0.2, 0.25) is 0 Å². The van der Waals surface area contributed by atoms with Crippen molar-refractivity contribution in [3.63, 3.8) is 0 Å². The summed E-state index contributed by atoms with van der Waals surface area (Å²) in [5.74, 6) is 2.07. The number of hydrogen-bond acceptors (Lipinski definition) is 4. The number of benzene rings is 8. The van der Waals surface area contributed by atoms with Crippen molar-refractivity contribution in [1.29, 1.82) is 0 Å². The number of aryl methyl sites for hydroxylation is 2. The maximum atomic E-state index is 13.4. The van der Waals surface area contributed by atoms with Crippen LogP contribution in [-0.4, -0.2) is 64.9 Å². The van der Waals surface area contributed by atoms with Crippen LogP contribution in [0.3, 0.4) is 0 Å². The highest BCUT2D eigenvalue weighted by atomic mass is 28.3. The van der Waals surface area contributed by atoms with Crippen LogP contribution in [0.15, 0.2) is 121 Å². The van der Waals surface area contributed by atoms with Gasteiger partial charge in [-0.2, -0.15) is 0 Å². The second-order valence-corrected chi connectivity index (χ2v) is 55.1. The summed E-state index contributed by atoms with van der Waals surface area (Å²) in [6.45, 7) is 61.2. The van der Waals surface area contributed by atoms with E-state index in [-0.39, 0.29) is 33.2 Å². The van der Waals surface area contributed by atoms with Crippen LogP contribution < -0.4 is 30.2 Å². The molecule has 6 nitrogen and oxygen atoms in total. The molecule has 0 saturated carbocycles. The Balaban J connectivity index is 1.09. The lowest BCUT2D eigenvalue weighted by Gasteiger charge is -2.26. The summed E-state index contributed by atoms with van der Waals surface area (Å²) in [5.41, 5.74) is 16.1. The van der Waals surface area contributed by atoms with Gasteiger partial charge in [-0.1, -0.05) is 267 Å². The third-order valence-corrected chi connectivity index (χ3v) is 27.1. The Labute approximate surface area is 550 Å². The number of hydrogen-bond donors (Lipinski definition) is 2. The molecule has 0 bridgehead atoms. The van der Waals surface area contributed by atoms with Gasteiger partial charge >= 0.3 is 0 Å². The fourth-order valence-electron chi connectivity index (χ4n) is 12.9. The van der Waals surface area contributed by atoms with Crippen LogP contribution in [0.5, 0.6) is 23.0 Å². The van der Waals surface area contributed by atoms with Gasteiger partial charge in [-0.05, 0) is 105 Å². The first-order valence-corrected chi connectivity index (χ1v) is 47.3. The van der Waals surface area contributed by atoms with Crippen molar-refractivity contribution in [2.24, 2.45) is 0 Å². The second kappa shape index (κ2) is 23.2. The molecule has 91 heavy (non-hydrogen) atoms. The summed E-state index contributed by atoms with van der Waals surface area (Å²) >= 11 is 0. The number of nitrogens with zero attached hydrogens (tertiary/aromatic N) is 2. The lowest BCUT2D eigenvalue weighted by molar-refractivity contribution is 0.247. The van der Waals surface area contributed by atoms with E-state index in [1.165, 1.54) is 64.5 Å². The molecule has 2 N–H and O–H groups in total. The quantitative estimate of drug-likeness (QED) is 0.0841. The molecule has 0 radical (unpaired) electrons. The predicted molar refractivity (Wildman–Crippen MR) is 408 cm³/mol. The van der Waals surface area contributed by atoms with Gasteiger partial charge in [0.1, 0.15) is 23.0 Å². The predicted octanol–water partition coefficient (Wildman–Crippen LogP) is 20.5. The molecule has 2 heterocycles. The van der Waals surface area contributed by atoms with Gasteiger partial charge < -0.3 is 28.8 Å². The van der Waals surface area contributed by atoms with E-state index in [0.717, 1.165) is 78.3 Å². The molecule has 0 atom stereocenters. The van der Waals surface area contributed by atoms with Crippen molar-refractivity contribution in [2.75, 3.05) is 13.2 Å². The molecule has 0 saturated heterocycles. The summed E-state index contributed by atoms with van der Waals surface area (Å²) in [7, 11) is -7.86. The van der Waals surface area contributed by atoms with E-state index < -0.39 is 32.3 Å². The Morgan fingerprint density at radius 1 is 0.330 bits per heavy atom. The molecular weight excluding hydrogens is 1180 g/mol. The molecule has 2 aromatic heterocycles. The normalized spacial score (nSPS) is 13.4. The number of phenolic OH excluding ortho intramolecular Hbond substituents is 2. The van der Waals surface area contributed by atoms with Gasteiger partial charge in [0, 0.05) is 50.2 Å². The van der Waals surface area contributed by atoms with Gasteiger partial charge in [-0.15, -0.1) is 0 Å². The highest BCUT2D eigenvalue weighted by molar-refractivity contribution is 6.90. The van der Waals surface area contributed by atoms with Gasteiger partial charge in [0.05, 0.1) is 79.0 Å². The van der Waals surface area contributed by atoms with Crippen LogP contribution >= 0.6 is 0 Å². The van der Waals surface area contributed by atoms with E-state index in [1.807, 2.05) is 0 Å². The van der Waals surface area contributed by atoms with E-state index in [4.69, 9.17) is 9.47 Å². The summed E-state index contributed by atoms with van der Waals surface area (Å²) in [5, 5.41) is 36.6. The van der Waals surface area contributed by atoms with Crippen molar-refractivity contribution < 1.29 is 19.7 Å². The van der Waals surface area contributed by atoms with E-state index in [2.05, 4.69) is 306 Å². The highest BCUT2D eigenvalue weighted by Gasteiger charge is 2.32. The van der Waals surface area contributed by atoms with Crippen molar-refractivity contribution in [1.82, 2.24) is 9.13 Å². The summed E-state index contributed by atoms with van der Waals surface area (Å²) in [6, 6.07) is 46.1. The fourth-order valence-corrected chi connectivity index (χ4v) is 17.6. The standard InChI is InChI=1S/C81H106N2O4Si4/c1-50-38-56(88(15,16)17)46-66(64-44-58(90(21,22)23)48-72(74(64)84)82-68-40-52(78(3,4)5)28-32-60(68)61-33-29-53(41-69(61)82)79(6,7)8)76(50)86-36-27-37-87-77-51(2)39-57(89(18,19)20)47-67(77)65-45-59(91(24,25)26)49-73(75(65)85)83-70-42-54(80(9,10)11)30-34-62(70)63-35-31-55(43-71(63)83)81(12,13)14/h28-35,38-49,84-85H,27,36-37H2,1-26H3. The van der Waals surface area contributed by atoms with Gasteiger partial charge in [-0.3, -0.25) is 0 Å². The number of rotatable bonds is 14. The Morgan fingerprint density at radius 3 is 0.813 bits per heavy atom. The zero-order chi connectivity index (χ0) is 67.0. The van der Waals surface area contributed by atoms with Crippen molar-refractivity contribution in [3.05, 3.63) is 155 Å². The third-order valence-electron chi connectivity index (χ3n) is 19.0. The number of aromatic hydroxyl groups is 2. The minimum atomic E-state index is -2.04. The molecule has 0 spiro atoms. The molecule has 0 unspecified atom stereocenters. The Kier molecular flexibility index (Phi) is 17.1. The first-order valence-electron chi connectivity index (χ1n) is 33.3. The average molecular weight is 1280 g/mol. The van der Waals surface area contributed by atoms with Crippen molar-refractivity contribution in [3.8, 4) is 56.6 Å². The number of aromatic nitrogens is 2. The van der Waals surface area contributed by atoms with Crippen LogP contribution in [0.4, 0.5) is 0 Å². The largest absolute Gasteiger partial charge is 0.505 e. The molecule has 0 aliphatic rings. The monoisotopic (exact) mass is 1280 g/mol. The summed E-state index contributed by atoms with van der Waals surface area (Å²) in [4.78, 5) is 0. The lowest BCUT2D eigenvalue weighted by Crippen LogP contribution is -2.38. The average Bonchev–Trinajstić information content (AvgIpc) is 1.65. The fraction of sp³-hybridized carbons (Fsp3) is 0.407. The second-order valence-electron chi connectivity index (χ2n) is 34.8. The zero-order valence-corrected chi connectivity index (χ0v) is 64.3. The van der Waals surface area contributed by atoms with Crippen LogP contribution in [0.1, 0.15) is 123 Å². The molecule has 480 valence electrons. The molecular formula is C81H106N2O4Si4. The van der Waals surface area contributed by atoms with E-state index in [9.17, 15) is 10.2 Å². The summed E-state index contributed by atoms with van der Waals surface area (Å²) in [6.07, 6.45) is 0.600. The topological polar surface area (TPSA) is 68.8 Å². The Morgan fingerprint density at radius 2 is 0.571 bits per heavy atom. The first kappa shape index (κ1) is 67.3. The van der Waals surface area contributed by atoms with Gasteiger partial charge in [0.25, 0.3) is 0 Å². The van der Waals surface area contributed by atoms with E-state index in [0.29, 0.717) is 19.6 Å². The Bertz CT molecular complexity index is 4070. The number of phenols is 2. The maximum Gasteiger partial charge on any atom is 0.147 e. The highest BCUT2D eigenvalue weighted by Crippen LogP contribution is 2.47. The number of fused-ring (bicyclic) bond motifs is 6. The van der Waals surface area contributed by atoms with E-state index >= 15 is 0 Å². The maximum absolute atomic E-state index is 13.4. The molecule has 10 heteroatoms. The van der Waals surface area contributed by atoms with Crippen LogP contribution in [0, 0.1) is 13.8 Å². The van der Waals surface area contributed by atoms with Gasteiger partial charge in [0.15, 0.2) is 0 Å². The molecule has 10 aromatic rings. The van der Waals surface area contributed by atoms with Crippen molar-refractivity contribution >= 4 is 96.7 Å². The molecule has 0 aliphatic heterocycles. The van der Waals surface area contributed by atoms with Crippen LogP contribution in [0.25, 0.3) is 77.2 Å². The lowest BCUT2D eigenvalue weighted by atomic mass is 9.86. The molecule has 0 aliphatic carbocycles. The minimum absolute atomic E-state index is 0.0824. The zero-order valence-electron chi connectivity index (χ0n) is 60.3. The smallest absolute Gasteiger partial charge is 0.147 e.